The molecule has 0 aromatic rings. The number of amides is 2. The Kier molecular flexibility index (Phi) is 5.47. The van der Waals surface area contributed by atoms with Crippen LogP contribution in [0.1, 0.15) is 44.9 Å². The molecule has 2 amide bonds. The normalized spacial score (nSPS) is 32.1. The first-order valence-corrected chi connectivity index (χ1v) is 13.1. The minimum atomic E-state index is -3.12. The van der Waals surface area contributed by atoms with Gasteiger partial charge in [-0.05, 0) is 56.9 Å². The van der Waals surface area contributed by atoms with Crippen LogP contribution in [0.25, 0.3) is 0 Å². The predicted molar refractivity (Wildman–Crippen MR) is 111 cm³/mol. The second-order valence-electron chi connectivity index (χ2n) is 10.0. The summed E-state index contributed by atoms with van der Waals surface area (Å²) in [6, 6.07) is 0. The molecule has 4 rings (SSSR count). The van der Waals surface area contributed by atoms with E-state index in [9.17, 15) is 18.0 Å². The van der Waals surface area contributed by atoms with E-state index < -0.39 is 9.84 Å². The Morgan fingerprint density at radius 2 is 1.62 bits per heavy atom. The van der Waals surface area contributed by atoms with Crippen molar-refractivity contribution < 1.29 is 18.0 Å². The fraction of sp³-hybridized carbons (Fsp3) is 0.905. The van der Waals surface area contributed by atoms with Gasteiger partial charge >= 0.3 is 0 Å². The van der Waals surface area contributed by atoms with Crippen LogP contribution in [-0.4, -0.2) is 93.3 Å². The summed E-state index contributed by atoms with van der Waals surface area (Å²) < 4.78 is 22.8. The van der Waals surface area contributed by atoms with Crippen LogP contribution in [-0.2, 0) is 19.4 Å². The highest BCUT2D eigenvalue weighted by Crippen LogP contribution is 2.62. The summed E-state index contributed by atoms with van der Waals surface area (Å²) in [5.41, 5.74) is -0.0880. The Hall–Kier alpha value is -1.15. The van der Waals surface area contributed by atoms with Gasteiger partial charge in [-0.15, -0.1) is 0 Å². The average Bonchev–Trinajstić information content (AvgIpc) is 3.37. The van der Waals surface area contributed by atoms with Crippen molar-refractivity contribution in [2.24, 2.45) is 16.7 Å². The molecule has 7 nitrogen and oxygen atoms in total. The third kappa shape index (κ3) is 3.82. The van der Waals surface area contributed by atoms with Gasteiger partial charge < -0.3 is 14.7 Å². The lowest BCUT2D eigenvalue weighted by molar-refractivity contribution is -0.143. The Morgan fingerprint density at radius 3 is 2.24 bits per heavy atom. The molecule has 0 aromatic heterocycles. The summed E-state index contributed by atoms with van der Waals surface area (Å²) in [5, 5.41) is 0. The van der Waals surface area contributed by atoms with E-state index in [1.54, 1.807) is 0 Å². The van der Waals surface area contributed by atoms with Gasteiger partial charge in [-0.3, -0.25) is 9.59 Å². The van der Waals surface area contributed by atoms with Gasteiger partial charge in [-0.2, -0.15) is 0 Å². The monoisotopic (exact) mass is 425 g/mol. The highest BCUT2D eigenvalue weighted by atomic mass is 32.2. The van der Waals surface area contributed by atoms with Crippen molar-refractivity contribution in [3.05, 3.63) is 0 Å². The third-order valence-electron chi connectivity index (χ3n) is 8.14. The third-order valence-corrected chi connectivity index (χ3v) is 9.09. The van der Waals surface area contributed by atoms with Crippen molar-refractivity contribution in [1.82, 2.24) is 14.7 Å². The van der Waals surface area contributed by atoms with Crippen molar-refractivity contribution in [3.8, 4) is 0 Å². The number of hydrogen-bond acceptors (Lipinski definition) is 5. The molecule has 0 unspecified atom stereocenters. The molecule has 3 saturated heterocycles. The van der Waals surface area contributed by atoms with Gasteiger partial charge in [0.15, 0.2) is 0 Å². The Bertz CT molecular complexity index is 769. The van der Waals surface area contributed by atoms with Crippen LogP contribution in [0, 0.1) is 16.7 Å². The van der Waals surface area contributed by atoms with Crippen LogP contribution in [0.4, 0.5) is 0 Å². The second-order valence-corrected chi connectivity index (χ2v) is 12.3. The molecule has 29 heavy (non-hydrogen) atoms. The molecule has 3 aliphatic heterocycles. The maximum atomic E-state index is 13.6. The van der Waals surface area contributed by atoms with E-state index in [1.807, 2.05) is 4.90 Å². The molecular weight excluding hydrogens is 390 g/mol. The number of hydrogen-bond donors (Lipinski definition) is 0. The van der Waals surface area contributed by atoms with Crippen molar-refractivity contribution in [3.63, 3.8) is 0 Å². The number of fused-ring (bicyclic) bond motifs is 2. The van der Waals surface area contributed by atoms with Crippen LogP contribution in [0.15, 0.2) is 0 Å². The van der Waals surface area contributed by atoms with Crippen LogP contribution in [0.5, 0.6) is 0 Å². The SMILES string of the molecule is CN1C[C@H]2C3(CCN(C(=O)CCS(C)(=O)=O)CC3)CC[C@@]2(C(=O)N2CCCC2)C1. The fourth-order valence-electron chi connectivity index (χ4n) is 6.61. The van der Waals surface area contributed by atoms with Gasteiger partial charge in [0.05, 0.1) is 11.2 Å². The summed E-state index contributed by atoms with van der Waals surface area (Å²) in [7, 11) is -0.985. The van der Waals surface area contributed by atoms with Gasteiger partial charge in [0.2, 0.25) is 11.8 Å². The molecular formula is C21H35N3O4S. The first-order valence-electron chi connectivity index (χ1n) is 11.1. The van der Waals surface area contributed by atoms with Crippen molar-refractivity contribution in [1.29, 1.82) is 0 Å². The Balaban J connectivity index is 1.45. The van der Waals surface area contributed by atoms with Crippen molar-refractivity contribution in [2.75, 3.05) is 58.3 Å². The van der Waals surface area contributed by atoms with Crippen LogP contribution < -0.4 is 0 Å². The summed E-state index contributed by atoms with van der Waals surface area (Å²) in [6.45, 7) is 5.04. The molecule has 4 aliphatic rings. The topological polar surface area (TPSA) is 78.0 Å². The minimum absolute atomic E-state index is 0.0498. The maximum Gasteiger partial charge on any atom is 0.230 e. The molecule has 1 saturated carbocycles. The van der Waals surface area contributed by atoms with Gasteiger partial charge in [-0.25, -0.2) is 8.42 Å². The van der Waals surface area contributed by atoms with Crippen LogP contribution in [0.2, 0.25) is 0 Å². The maximum absolute atomic E-state index is 13.6. The molecule has 0 aromatic carbocycles. The molecule has 164 valence electrons. The number of nitrogens with zero attached hydrogens (tertiary/aromatic N) is 3. The number of sulfone groups is 1. The van der Waals surface area contributed by atoms with E-state index in [2.05, 4.69) is 16.8 Å². The van der Waals surface area contributed by atoms with Crippen LogP contribution >= 0.6 is 0 Å². The van der Waals surface area contributed by atoms with Gasteiger partial charge in [-0.1, -0.05) is 0 Å². The second kappa shape index (κ2) is 7.52. The molecule has 2 atom stereocenters. The van der Waals surface area contributed by atoms with E-state index in [4.69, 9.17) is 0 Å². The molecule has 0 N–H and O–H groups in total. The highest BCUT2D eigenvalue weighted by molar-refractivity contribution is 7.90. The summed E-state index contributed by atoms with van der Waals surface area (Å²) in [5.74, 6) is 0.634. The summed E-state index contributed by atoms with van der Waals surface area (Å²) >= 11 is 0. The summed E-state index contributed by atoms with van der Waals surface area (Å²) in [4.78, 5) is 32.3. The molecule has 1 aliphatic carbocycles. The first-order chi connectivity index (χ1) is 13.7. The minimum Gasteiger partial charge on any atom is -0.343 e. The largest absolute Gasteiger partial charge is 0.343 e. The Labute approximate surface area is 174 Å². The zero-order chi connectivity index (χ0) is 20.9. The smallest absolute Gasteiger partial charge is 0.230 e. The molecule has 0 bridgehead atoms. The molecule has 4 fully saturated rings. The summed E-state index contributed by atoms with van der Waals surface area (Å²) in [6.07, 6.45) is 7.43. The zero-order valence-electron chi connectivity index (χ0n) is 17.9. The zero-order valence-corrected chi connectivity index (χ0v) is 18.7. The number of carbonyl (C=O) groups excluding carboxylic acids is 2. The molecule has 0 radical (unpaired) electrons. The number of likely N-dealkylation sites (tertiary alicyclic amines) is 3. The van der Waals surface area contributed by atoms with E-state index >= 15 is 0 Å². The number of piperidine rings is 1. The van der Waals surface area contributed by atoms with Gasteiger partial charge in [0.1, 0.15) is 9.84 Å². The fourth-order valence-corrected chi connectivity index (χ4v) is 7.16. The average molecular weight is 426 g/mol. The van der Waals surface area contributed by atoms with Crippen LogP contribution in [0.3, 0.4) is 0 Å². The van der Waals surface area contributed by atoms with Crippen molar-refractivity contribution in [2.45, 2.75) is 44.9 Å². The highest BCUT2D eigenvalue weighted by Gasteiger charge is 2.64. The van der Waals surface area contributed by atoms with E-state index in [1.165, 1.54) is 6.26 Å². The van der Waals surface area contributed by atoms with E-state index in [-0.39, 0.29) is 28.9 Å². The van der Waals surface area contributed by atoms with Gasteiger partial charge in [0.25, 0.3) is 0 Å². The predicted octanol–water partition coefficient (Wildman–Crippen LogP) is 0.994. The van der Waals surface area contributed by atoms with Gasteiger partial charge in [0, 0.05) is 51.9 Å². The van der Waals surface area contributed by atoms with E-state index in [0.29, 0.717) is 24.9 Å². The lowest BCUT2D eigenvalue weighted by atomic mass is 9.65. The Morgan fingerprint density at radius 1 is 0.966 bits per heavy atom. The molecule has 3 heterocycles. The lowest BCUT2D eigenvalue weighted by Gasteiger charge is -2.45. The number of carbonyl (C=O) groups is 2. The van der Waals surface area contributed by atoms with E-state index in [0.717, 1.165) is 64.7 Å². The quantitative estimate of drug-likeness (QED) is 0.671. The standard InChI is InChI=1S/C21H35N3O4S/c1-22-15-17-20(6-7-21(17,16-22)19(26)24-10-3-4-11-24)8-12-23(13-9-20)18(25)5-14-29(2,27)28/h17H,3-16H2,1-2H3/t17-,21+/m0/s1. The first kappa shape index (κ1) is 21.1. The number of rotatable bonds is 4. The lowest BCUT2D eigenvalue weighted by Crippen LogP contribution is -2.50. The molecule has 8 heteroatoms. The van der Waals surface area contributed by atoms with Crippen molar-refractivity contribution >= 4 is 21.7 Å². The molecule has 1 spiro atoms.